The lowest BCUT2D eigenvalue weighted by molar-refractivity contribution is 0.408. The Morgan fingerprint density at radius 1 is 1.25 bits per heavy atom. The molecule has 7 heteroatoms. The third kappa shape index (κ3) is 3.00. The van der Waals surface area contributed by atoms with Gasteiger partial charge in [-0.25, -0.2) is 4.39 Å². The maximum Gasteiger partial charge on any atom is 0.295 e. The van der Waals surface area contributed by atoms with E-state index < -0.39 is 15.8 Å². The largest absolute Gasteiger partial charge is 0.446 e. The summed E-state index contributed by atoms with van der Waals surface area (Å²) in [6, 6.07) is 7.14. The molecule has 0 spiro atoms. The van der Waals surface area contributed by atoms with Crippen LogP contribution in [0.5, 0.6) is 0 Å². The number of halogens is 1. The highest BCUT2D eigenvalue weighted by Gasteiger charge is 2.20. The minimum Gasteiger partial charge on any atom is -0.446 e. The smallest absolute Gasteiger partial charge is 0.295 e. The third-order valence-corrected chi connectivity index (χ3v) is 4.00. The highest BCUT2D eigenvalue weighted by Crippen LogP contribution is 2.22. The van der Waals surface area contributed by atoms with Crippen molar-refractivity contribution in [3.8, 4) is 0 Å². The Balaban J connectivity index is 2.28. The van der Waals surface area contributed by atoms with E-state index in [0.29, 0.717) is 12.3 Å². The van der Waals surface area contributed by atoms with Gasteiger partial charge in [0, 0.05) is 5.56 Å². The fourth-order valence-corrected chi connectivity index (χ4v) is 2.76. The third-order valence-electron chi connectivity index (χ3n) is 2.76. The molecule has 20 heavy (non-hydrogen) atoms. The Morgan fingerprint density at radius 2 is 2.00 bits per heavy atom. The molecule has 108 valence electrons. The molecule has 0 atom stereocenters. The second kappa shape index (κ2) is 5.64. The first-order valence-corrected chi connectivity index (χ1v) is 7.43. The number of nitrogens with one attached hydrogen (secondary N) is 2. The van der Waals surface area contributed by atoms with Crippen molar-refractivity contribution < 1.29 is 17.2 Å². The van der Waals surface area contributed by atoms with E-state index in [4.69, 9.17) is 4.42 Å². The van der Waals surface area contributed by atoms with E-state index in [1.807, 2.05) is 0 Å². The molecule has 0 aliphatic heterocycles. The van der Waals surface area contributed by atoms with Gasteiger partial charge >= 0.3 is 0 Å². The number of hydrogen-bond donors (Lipinski definition) is 2. The molecule has 0 aliphatic carbocycles. The lowest BCUT2D eigenvalue weighted by Crippen LogP contribution is -2.13. The molecule has 0 bridgehead atoms. The van der Waals surface area contributed by atoms with Crippen molar-refractivity contribution in [2.45, 2.75) is 18.6 Å². The minimum atomic E-state index is -3.86. The first-order chi connectivity index (χ1) is 9.44. The van der Waals surface area contributed by atoms with Crippen LogP contribution in [0.15, 0.2) is 39.8 Å². The van der Waals surface area contributed by atoms with Crippen LogP contribution in [0.3, 0.4) is 0 Å². The van der Waals surface area contributed by atoms with Crippen LogP contribution in [0, 0.1) is 12.7 Å². The number of hydrogen-bond acceptors (Lipinski definition) is 4. The lowest BCUT2D eigenvalue weighted by atomic mass is 10.2. The summed E-state index contributed by atoms with van der Waals surface area (Å²) >= 11 is 0. The summed E-state index contributed by atoms with van der Waals surface area (Å²) in [6.45, 7) is 1.93. The fraction of sp³-hybridized carbons (Fsp3) is 0.231. The van der Waals surface area contributed by atoms with Crippen LogP contribution >= 0.6 is 0 Å². The topological polar surface area (TPSA) is 71.3 Å². The Hall–Kier alpha value is -1.86. The van der Waals surface area contributed by atoms with Crippen LogP contribution in [0.25, 0.3) is 0 Å². The van der Waals surface area contributed by atoms with E-state index in [2.05, 4.69) is 10.0 Å². The van der Waals surface area contributed by atoms with Gasteiger partial charge in [-0.15, -0.1) is 0 Å². The van der Waals surface area contributed by atoms with Crippen LogP contribution < -0.4 is 10.0 Å². The number of sulfonamides is 1. The van der Waals surface area contributed by atoms with E-state index in [1.165, 1.54) is 31.2 Å². The Bertz CT molecular complexity index is 710. The summed E-state index contributed by atoms with van der Waals surface area (Å²) in [5.74, 6) is 0.0318. The molecule has 0 saturated carbocycles. The summed E-state index contributed by atoms with van der Waals surface area (Å²) in [7, 11) is -2.13. The molecular weight excluding hydrogens is 283 g/mol. The molecule has 1 aromatic heterocycles. The normalized spacial score (nSPS) is 11.6. The van der Waals surface area contributed by atoms with Gasteiger partial charge in [-0.05, 0) is 38.2 Å². The molecule has 1 aromatic carbocycles. The molecule has 2 aromatic rings. The second-order valence-corrected chi connectivity index (χ2v) is 5.88. The average Bonchev–Trinajstić information content (AvgIpc) is 2.85. The summed E-state index contributed by atoms with van der Waals surface area (Å²) < 4.78 is 45.2. The number of rotatable bonds is 5. The van der Waals surface area contributed by atoms with Gasteiger partial charge in [-0.3, -0.25) is 4.72 Å². The van der Waals surface area contributed by atoms with Crippen LogP contribution in [-0.2, 0) is 16.6 Å². The molecule has 0 amide bonds. The van der Waals surface area contributed by atoms with E-state index in [-0.39, 0.29) is 16.3 Å². The van der Waals surface area contributed by atoms with Gasteiger partial charge in [0.2, 0.25) is 5.09 Å². The molecule has 1 heterocycles. The summed E-state index contributed by atoms with van der Waals surface area (Å²) in [5, 5.41) is 2.65. The van der Waals surface area contributed by atoms with Gasteiger partial charge in [-0.1, -0.05) is 6.07 Å². The zero-order valence-corrected chi connectivity index (χ0v) is 11.9. The van der Waals surface area contributed by atoms with E-state index >= 15 is 0 Å². The highest BCUT2D eigenvalue weighted by molar-refractivity contribution is 7.92. The fourth-order valence-electron chi connectivity index (χ4n) is 1.68. The first-order valence-electron chi connectivity index (χ1n) is 5.95. The SMILES string of the molecule is CNCc1ccc(S(=O)(=O)Nc2cccc(F)c2C)o1. The lowest BCUT2D eigenvalue weighted by Gasteiger charge is -2.09. The predicted octanol–water partition coefficient (Wildman–Crippen LogP) is 2.25. The molecule has 0 fully saturated rings. The maximum atomic E-state index is 13.4. The molecule has 0 unspecified atom stereocenters. The summed E-state index contributed by atoms with van der Waals surface area (Å²) in [5.41, 5.74) is 0.426. The zero-order chi connectivity index (χ0) is 14.8. The molecule has 0 radical (unpaired) electrons. The molecular formula is C13H15FN2O3S. The molecule has 0 aliphatic rings. The van der Waals surface area contributed by atoms with Crippen molar-refractivity contribution in [3.63, 3.8) is 0 Å². The molecule has 5 nitrogen and oxygen atoms in total. The maximum absolute atomic E-state index is 13.4. The van der Waals surface area contributed by atoms with Crippen molar-refractivity contribution in [1.29, 1.82) is 0 Å². The van der Waals surface area contributed by atoms with Crippen molar-refractivity contribution in [2.24, 2.45) is 0 Å². The number of benzene rings is 1. The zero-order valence-electron chi connectivity index (χ0n) is 11.1. The standard InChI is InChI=1S/C13H15FN2O3S/c1-9-11(14)4-3-5-12(9)16-20(17,18)13-7-6-10(19-13)8-15-2/h3-7,15-16H,8H2,1-2H3. The Kier molecular flexibility index (Phi) is 4.10. The Morgan fingerprint density at radius 3 is 2.70 bits per heavy atom. The number of furan rings is 1. The van der Waals surface area contributed by atoms with Crippen LogP contribution in [0.2, 0.25) is 0 Å². The van der Waals surface area contributed by atoms with Crippen molar-refractivity contribution >= 4 is 15.7 Å². The van der Waals surface area contributed by atoms with Gasteiger partial charge in [0.15, 0.2) is 0 Å². The van der Waals surface area contributed by atoms with E-state index in [1.54, 1.807) is 13.1 Å². The molecule has 2 N–H and O–H groups in total. The van der Waals surface area contributed by atoms with Crippen molar-refractivity contribution in [2.75, 3.05) is 11.8 Å². The average molecular weight is 298 g/mol. The van der Waals surface area contributed by atoms with Gasteiger partial charge in [0.1, 0.15) is 11.6 Å². The van der Waals surface area contributed by atoms with E-state index in [0.717, 1.165) is 0 Å². The van der Waals surface area contributed by atoms with Gasteiger partial charge < -0.3 is 9.73 Å². The summed E-state index contributed by atoms with van der Waals surface area (Å²) in [6.07, 6.45) is 0. The molecule has 2 rings (SSSR count). The van der Waals surface area contributed by atoms with Crippen LogP contribution in [0.4, 0.5) is 10.1 Å². The van der Waals surface area contributed by atoms with Crippen molar-refractivity contribution in [3.05, 3.63) is 47.5 Å². The van der Waals surface area contributed by atoms with Crippen LogP contribution in [-0.4, -0.2) is 15.5 Å². The van der Waals surface area contributed by atoms with Crippen molar-refractivity contribution in [1.82, 2.24) is 5.32 Å². The minimum absolute atomic E-state index is 0.191. The number of anilines is 1. The highest BCUT2D eigenvalue weighted by atomic mass is 32.2. The monoisotopic (exact) mass is 298 g/mol. The van der Waals surface area contributed by atoms with Gasteiger partial charge in [-0.2, -0.15) is 8.42 Å². The Labute approximate surface area is 116 Å². The first kappa shape index (κ1) is 14.5. The van der Waals surface area contributed by atoms with Crippen LogP contribution in [0.1, 0.15) is 11.3 Å². The quantitative estimate of drug-likeness (QED) is 0.888. The second-order valence-electron chi connectivity index (χ2n) is 4.27. The van der Waals surface area contributed by atoms with Gasteiger partial charge in [0.05, 0.1) is 12.2 Å². The summed E-state index contributed by atoms with van der Waals surface area (Å²) in [4.78, 5) is 0. The predicted molar refractivity (Wildman–Crippen MR) is 73.4 cm³/mol. The molecule has 0 saturated heterocycles. The van der Waals surface area contributed by atoms with Gasteiger partial charge in [0.25, 0.3) is 10.0 Å². The van der Waals surface area contributed by atoms with E-state index in [9.17, 15) is 12.8 Å².